The molecule has 2 N–H and O–H groups in total. The van der Waals surface area contributed by atoms with Crippen molar-refractivity contribution in [3.8, 4) is 0 Å². The second kappa shape index (κ2) is 9.36. The van der Waals surface area contributed by atoms with Crippen LogP contribution in [0.15, 0.2) is 42.6 Å². The maximum absolute atomic E-state index is 10.9. The van der Waals surface area contributed by atoms with Gasteiger partial charge >= 0.3 is 0 Å². The number of pyridine rings is 1. The van der Waals surface area contributed by atoms with Crippen molar-refractivity contribution in [2.75, 3.05) is 0 Å². The quantitative estimate of drug-likeness (QED) is 0.255. The van der Waals surface area contributed by atoms with Crippen molar-refractivity contribution >= 4 is 25.6 Å². The minimum atomic E-state index is -2.00. The van der Waals surface area contributed by atoms with Crippen molar-refractivity contribution < 1.29 is 14.3 Å². The molecule has 2 aromatic rings. The third-order valence-electron chi connectivity index (χ3n) is 6.63. The van der Waals surface area contributed by atoms with E-state index in [4.69, 9.17) is 16.0 Å². The van der Waals surface area contributed by atoms with Gasteiger partial charge in [0.15, 0.2) is 14.5 Å². The summed E-state index contributed by atoms with van der Waals surface area (Å²) in [4.78, 5) is 13.6. The monoisotopic (exact) mass is 462 g/mol. The molecule has 0 aliphatic carbocycles. The van der Waals surface area contributed by atoms with Gasteiger partial charge < -0.3 is 9.74 Å². The van der Waals surface area contributed by atoms with E-state index in [-0.39, 0.29) is 27.8 Å². The SMILES string of the molecule is CC(C)(C)[Si](C)(C)OC(c1ccc(Cl)[nH+]c1)[C@H]1CC[C@@H](Cc2ccc([N+](=O)[O-])cc2)N1. The first-order valence-corrected chi connectivity index (χ1v) is 14.1. The molecule has 6 nitrogen and oxygen atoms in total. The topological polar surface area (TPSA) is 78.5 Å². The van der Waals surface area contributed by atoms with Gasteiger partial charge in [0, 0.05) is 35.8 Å². The van der Waals surface area contributed by atoms with Gasteiger partial charge in [0.1, 0.15) is 0 Å². The summed E-state index contributed by atoms with van der Waals surface area (Å²) in [6.07, 6.45) is 4.78. The summed E-state index contributed by atoms with van der Waals surface area (Å²) in [5, 5.41) is 15.4. The summed E-state index contributed by atoms with van der Waals surface area (Å²) in [5.41, 5.74) is 2.33. The number of nitro benzene ring substituents is 1. The molecule has 31 heavy (non-hydrogen) atoms. The van der Waals surface area contributed by atoms with Crippen LogP contribution in [0.5, 0.6) is 0 Å². The van der Waals surface area contributed by atoms with Gasteiger partial charge in [-0.15, -0.1) is 0 Å². The van der Waals surface area contributed by atoms with E-state index in [2.05, 4.69) is 44.2 Å². The Bertz CT molecular complexity index is 898. The van der Waals surface area contributed by atoms with Gasteiger partial charge in [-0.2, -0.15) is 0 Å². The van der Waals surface area contributed by atoms with E-state index in [1.807, 2.05) is 30.5 Å². The molecular weight excluding hydrogens is 430 g/mol. The molecule has 1 aliphatic rings. The Balaban J connectivity index is 1.75. The van der Waals surface area contributed by atoms with Crippen LogP contribution in [0.4, 0.5) is 5.69 Å². The Kier molecular flexibility index (Phi) is 7.20. The number of hydrogen-bond acceptors (Lipinski definition) is 4. The zero-order valence-corrected chi connectivity index (χ0v) is 20.7. The van der Waals surface area contributed by atoms with Crippen LogP contribution < -0.4 is 10.3 Å². The first-order chi connectivity index (χ1) is 14.5. The smallest absolute Gasteiger partial charge is 0.273 e. The Morgan fingerprint density at radius 1 is 1.23 bits per heavy atom. The van der Waals surface area contributed by atoms with Crippen molar-refractivity contribution in [1.82, 2.24) is 5.32 Å². The summed E-state index contributed by atoms with van der Waals surface area (Å²) >= 11 is 6.08. The molecule has 0 spiro atoms. The molecule has 0 bridgehead atoms. The van der Waals surface area contributed by atoms with E-state index in [0.29, 0.717) is 11.2 Å². The molecule has 1 aromatic carbocycles. The molecule has 3 rings (SSSR count). The van der Waals surface area contributed by atoms with Crippen LogP contribution in [-0.2, 0) is 10.8 Å². The van der Waals surface area contributed by atoms with E-state index in [1.165, 1.54) is 0 Å². The summed E-state index contributed by atoms with van der Waals surface area (Å²) in [5.74, 6) is 0. The molecule has 3 atom stereocenters. The Labute approximate surface area is 190 Å². The Hall–Kier alpha value is -1.80. The number of nitrogens with one attached hydrogen (secondary N) is 2. The molecule has 2 heterocycles. The lowest BCUT2D eigenvalue weighted by atomic mass is 10.0. The maximum atomic E-state index is 10.9. The molecule has 1 unspecified atom stereocenters. The average molecular weight is 463 g/mol. The van der Waals surface area contributed by atoms with E-state index in [0.717, 1.165) is 30.4 Å². The van der Waals surface area contributed by atoms with Crippen molar-refractivity contribution in [2.45, 2.75) is 76.4 Å². The number of rotatable bonds is 7. The second-order valence-corrected chi connectivity index (χ2v) is 15.1. The number of hydrogen-bond donors (Lipinski definition) is 1. The highest BCUT2D eigenvalue weighted by molar-refractivity contribution is 6.74. The standard InChI is InChI=1S/C23H32ClN3O3Si/c1-23(2,3)31(4,5)30-22(17-8-13-21(24)25-15-17)20-12-9-18(26-20)14-16-6-10-19(11-7-16)27(28)29/h6-8,10-11,13,15,18,20,22,26H,9,12,14H2,1-5H3/p+1/t18-,20+,22?/m0/s1. The molecule has 1 saturated heterocycles. The average Bonchev–Trinajstić information content (AvgIpc) is 3.14. The van der Waals surface area contributed by atoms with Gasteiger partial charge in [-0.05, 0) is 60.6 Å². The zero-order valence-electron chi connectivity index (χ0n) is 18.9. The van der Waals surface area contributed by atoms with Crippen LogP contribution in [0, 0.1) is 10.1 Å². The maximum Gasteiger partial charge on any atom is 0.273 e. The van der Waals surface area contributed by atoms with Crippen LogP contribution in [0.3, 0.4) is 0 Å². The highest BCUT2D eigenvalue weighted by Crippen LogP contribution is 2.41. The summed E-state index contributed by atoms with van der Waals surface area (Å²) in [7, 11) is -2.00. The van der Waals surface area contributed by atoms with E-state index in [1.54, 1.807) is 12.1 Å². The third-order valence-corrected chi connectivity index (χ3v) is 11.3. The Morgan fingerprint density at radius 3 is 2.45 bits per heavy atom. The molecule has 0 radical (unpaired) electrons. The van der Waals surface area contributed by atoms with Crippen LogP contribution >= 0.6 is 11.6 Å². The molecule has 0 amide bonds. The van der Waals surface area contributed by atoms with E-state index < -0.39 is 8.32 Å². The number of benzene rings is 1. The lowest BCUT2D eigenvalue weighted by Crippen LogP contribution is -2.46. The number of aromatic nitrogens is 1. The number of halogens is 1. The number of H-pyrrole nitrogens is 1. The molecular formula is C23H33ClN3O3Si+. The van der Waals surface area contributed by atoms with Gasteiger partial charge in [-0.25, -0.2) is 4.98 Å². The lowest BCUT2D eigenvalue weighted by molar-refractivity contribution is -0.384. The third kappa shape index (κ3) is 5.92. The van der Waals surface area contributed by atoms with Crippen LogP contribution in [0.1, 0.15) is 50.8 Å². The van der Waals surface area contributed by atoms with Crippen LogP contribution in [0.25, 0.3) is 0 Å². The van der Waals surface area contributed by atoms with Crippen molar-refractivity contribution in [2.24, 2.45) is 0 Å². The summed E-state index contributed by atoms with van der Waals surface area (Å²) in [6.45, 7) is 11.3. The van der Waals surface area contributed by atoms with Gasteiger partial charge in [-0.3, -0.25) is 10.1 Å². The molecule has 168 valence electrons. The minimum absolute atomic E-state index is 0.0590. The Morgan fingerprint density at radius 2 is 1.90 bits per heavy atom. The van der Waals surface area contributed by atoms with Crippen molar-refractivity contribution in [3.05, 3.63) is 69.0 Å². The molecule has 8 heteroatoms. The lowest BCUT2D eigenvalue weighted by Gasteiger charge is -2.40. The van der Waals surface area contributed by atoms with Gasteiger partial charge in [0.05, 0.1) is 11.0 Å². The predicted octanol–water partition coefficient (Wildman–Crippen LogP) is 5.49. The normalized spacial score (nSPS) is 20.6. The molecule has 1 aliphatic heterocycles. The highest BCUT2D eigenvalue weighted by atomic mass is 35.5. The zero-order chi connectivity index (χ0) is 22.8. The number of non-ortho nitro benzene ring substituents is 1. The van der Waals surface area contributed by atoms with Gasteiger partial charge in [0.25, 0.3) is 10.8 Å². The predicted molar refractivity (Wildman–Crippen MR) is 126 cm³/mol. The largest absolute Gasteiger partial charge is 0.408 e. The van der Waals surface area contributed by atoms with Crippen molar-refractivity contribution in [1.29, 1.82) is 0 Å². The summed E-state index contributed by atoms with van der Waals surface area (Å²) < 4.78 is 6.89. The molecule has 1 fully saturated rings. The molecule has 1 aromatic heterocycles. The second-order valence-electron chi connectivity index (χ2n) is 9.94. The van der Waals surface area contributed by atoms with Gasteiger partial charge in [0.2, 0.25) is 0 Å². The highest BCUT2D eigenvalue weighted by Gasteiger charge is 2.43. The number of nitrogens with zero attached hydrogens (tertiary/aromatic N) is 1. The fraction of sp³-hybridized carbons (Fsp3) is 0.522. The van der Waals surface area contributed by atoms with E-state index >= 15 is 0 Å². The molecule has 0 saturated carbocycles. The fourth-order valence-electron chi connectivity index (χ4n) is 3.76. The minimum Gasteiger partial charge on any atom is -0.408 e. The fourth-order valence-corrected chi connectivity index (χ4v) is 5.17. The van der Waals surface area contributed by atoms with E-state index in [9.17, 15) is 10.1 Å². The summed E-state index contributed by atoms with van der Waals surface area (Å²) in [6, 6.07) is 11.3. The van der Waals surface area contributed by atoms with Crippen LogP contribution in [-0.4, -0.2) is 25.3 Å². The van der Waals surface area contributed by atoms with Crippen molar-refractivity contribution in [3.63, 3.8) is 0 Å². The number of nitro groups is 1. The van der Waals surface area contributed by atoms with Gasteiger partial charge in [-0.1, -0.05) is 32.9 Å². The van der Waals surface area contributed by atoms with Crippen LogP contribution in [0.2, 0.25) is 23.3 Å². The first-order valence-electron chi connectivity index (χ1n) is 10.8. The number of aromatic amines is 1. The first kappa shape index (κ1) is 23.9.